The lowest BCUT2D eigenvalue weighted by molar-refractivity contribution is -0.187. The van der Waals surface area contributed by atoms with Gasteiger partial charge < -0.3 is 125 Å². The molecule has 0 bridgehead atoms. The van der Waals surface area contributed by atoms with E-state index in [0.717, 1.165) is 0 Å². The molecule has 40 heteroatoms. The van der Waals surface area contributed by atoms with Gasteiger partial charge in [0.1, 0.15) is 18.3 Å². The summed E-state index contributed by atoms with van der Waals surface area (Å²) in [6, 6.07) is 0. The Kier molecular flexibility index (Phi) is 26.1. The zero-order valence-corrected chi connectivity index (χ0v) is 41.5. The second kappa shape index (κ2) is 29.9. The number of ether oxygens (including phenoxy) is 7. The van der Waals surface area contributed by atoms with Crippen LogP contribution in [0.2, 0.25) is 0 Å². The van der Waals surface area contributed by atoms with Gasteiger partial charge in [-0.25, -0.2) is 24.0 Å². The smallest absolute Gasteiger partial charge is 0.336 e. The molecule has 18 N–H and O–H groups in total. The second-order valence-electron chi connectivity index (χ2n) is 17.9. The van der Waals surface area contributed by atoms with Gasteiger partial charge >= 0.3 is 89.5 Å². The topological polar surface area (TPSA) is 685 Å². The van der Waals surface area contributed by atoms with Crippen molar-refractivity contribution in [1.82, 2.24) is 0 Å². The van der Waals surface area contributed by atoms with Crippen LogP contribution in [0.4, 0.5) is 0 Å². The summed E-state index contributed by atoms with van der Waals surface area (Å²) in [5.41, 5.74) is -15.8. The molecule has 0 spiro atoms. The Morgan fingerprint density at radius 3 is 0.878 bits per heavy atom. The van der Waals surface area contributed by atoms with Crippen LogP contribution in [0.5, 0.6) is 0 Å². The summed E-state index contributed by atoms with van der Waals surface area (Å²) in [5, 5.41) is 169. The van der Waals surface area contributed by atoms with Crippen LogP contribution in [-0.2, 0) is 105 Å². The number of aliphatic hydroxyl groups is 8. The highest BCUT2D eigenvalue weighted by Crippen LogP contribution is 2.31. The van der Waals surface area contributed by atoms with Gasteiger partial charge in [0, 0.05) is 0 Å². The van der Waals surface area contributed by atoms with Crippen molar-refractivity contribution in [3.63, 3.8) is 0 Å². The monoisotopic (exact) mass is 1200 g/mol. The maximum absolute atomic E-state index is 12.7. The molecule has 2 aliphatic heterocycles. The molecular weight excluding hydrogens is 1140 g/mol. The normalized spacial score (nSPS) is 22.7. The third kappa shape index (κ3) is 21.3. The van der Waals surface area contributed by atoms with Crippen molar-refractivity contribution >= 4 is 89.5 Å². The first kappa shape index (κ1) is 71.7. The molecule has 462 valence electrons. The van der Waals surface area contributed by atoms with Crippen LogP contribution in [0.1, 0.15) is 64.2 Å². The van der Waals surface area contributed by atoms with Crippen LogP contribution in [-0.4, -0.2) is 285 Å². The van der Waals surface area contributed by atoms with Crippen LogP contribution in [0.3, 0.4) is 0 Å². The van der Waals surface area contributed by atoms with Gasteiger partial charge in [-0.05, 0) is 0 Å². The summed E-state index contributed by atoms with van der Waals surface area (Å²) in [6.07, 6.45) is -29.3. The molecule has 5 unspecified atom stereocenters. The summed E-state index contributed by atoms with van der Waals surface area (Å²) in [5.74, 6) is -27.8. The molecule has 82 heavy (non-hydrogen) atoms. The summed E-state index contributed by atoms with van der Waals surface area (Å²) >= 11 is 0. The zero-order valence-electron chi connectivity index (χ0n) is 41.5. The Hall–Kier alpha value is -8.35. The maximum atomic E-state index is 12.7. The van der Waals surface area contributed by atoms with E-state index in [1.165, 1.54) is 0 Å². The Morgan fingerprint density at radius 1 is 0.366 bits per heavy atom. The first-order valence-corrected chi connectivity index (χ1v) is 22.5. The van der Waals surface area contributed by atoms with Crippen molar-refractivity contribution in [2.45, 2.75) is 141 Å². The quantitative estimate of drug-likeness (QED) is 0.0210. The molecule has 0 saturated carbocycles. The number of carboxylic acids is 10. The Morgan fingerprint density at radius 2 is 0.610 bits per heavy atom. The lowest BCUT2D eigenvalue weighted by atomic mass is 9.95. The van der Waals surface area contributed by atoms with Crippen molar-refractivity contribution in [3.8, 4) is 0 Å². The first-order valence-electron chi connectivity index (χ1n) is 22.5. The molecule has 0 aromatic heterocycles. The largest absolute Gasteiger partial charge is 0.481 e. The number of rotatable bonds is 34. The van der Waals surface area contributed by atoms with Gasteiger partial charge in [0.05, 0.1) is 90.6 Å². The third-order valence-electron chi connectivity index (χ3n) is 11.2. The summed E-state index contributed by atoms with van der Waals surface area (Å²) < 4.78 is 34.8. The fourth-order valence-electron chi connectivity index (χ4n) is 7.20. The number of aliphatic hydroxyl groups excluding tert-OH is 3. The van der Waals surface area contributed by atoms with E-state index >= 15 is 0 Å². The molecule has 0 aliphatic carbocycles. The minimum Gasteiger partial charge on any atom is -0.481 e. The third-order valence-corrected chi connectivity index (χ3v) is 11.2. The molecule has 0 amide bonds. The van der Waals surface area contributed by atoms with Gasteiger partial charge in [-0.2, -0.15) is 0 Å². The van der Waals surface area contributed by atoms with Gasteiger partial charge in [-0.3, -0.25) is 47.9 Å². The van der Waals surface area contributed by atoms with Crippen molar-refractivity contribution in [1.29, 1.82) is 0 Å². The molecule has 2 heterocycles. The molecule has 2 saturated heterocycles. The van der Waals surface area contributed by atoms with Gasteiger partial charge in [0.2, 0.25) is 0 Å². The van der Waals surface area contributed by atoms with Crippen molar-refractivity contribution in [2.75, 3.05) is 26.4 Å². The summed E-state index contributed by atoms with van der Waals surface area (Å²) in [4.78, 5) is 173. The Balaban J connectivity index is 0.000000856. The fraction of sp³-hybridized carbons (Fsp3) is 0.643. The molecule has 2 rings (SSSR count). The van der Waals surface area contributed by atoms with Crippen molar-refractivity contribution < 1.29 is 197 Å². The predicted octanol–water partition coefficient (Wildman–Crippen LogP) is -8.92. The molecule has 40 nitrogen and oxygen atoms in total. The lowest BCUT2D eigenvalue weighted by Gasteiger charge is -2.30. The molecule has 0 aromatic rings. The van der Waals surface area contributed by atoms with Crippen LogP contribution in [0.15, 0.2) is 0 Å². The number of esters is 5. The number of carbonyl (C=O) groups excluding carboxylic acids is 5. The SMILES string of the molecule is O=C(O)CC(O)(CC(=O)O[C@H]1[C@@H]([C@@H](CO)OC(=O)CC(O)(CC(=O)O)C(=O)O)OC[C@@H]1O)C(=O)O.O=C(O)CC(O)(CC(=O)O[C@H]1[C@@H]([C@@H](CO)OC(=O)CC(O)(CC(=O)O)C(=O)O)OC[C@@H]1OC(=O)CC(O)(CC(=O)O)C(=O)O)C(=O)O. The minimum absolute atomic E-state index is 0.549. The first-order chi connectivity index (χ1) is 37.5. The molecular formula is C42H54O40. The van der Waals surface area contributed by atoms with E-state index in [-0.39, 0.29) is 0 Å². The van der Waals surface area contributed by atoms with Crippen LogP contribution < -0.4 is 0 Å². The van der Waals surface area contributed by atoms with Crippen LogP contribution >= 0.6 is 0 Å². The lowest BCUT2D eigenvalue weighted by Crippen LogP contribution is -2.49. The van der Waals surface area contributed by atoms with Gasteiger partial charge in [-0.15, -0.1) is 0 Å². The highest BCUT2D eigenvalue weighted by Gasteiger charge is 2.53. The van der Waals surface area contributed by atoms with Crippen LogP contribution in [0.25, 0.3) is 0 Å². The molecule has 0 radical (unpaired) electrons. The van der Waals surface area contributed by atoms with E-state index in [2.05, 4.69) is 0 Å². The number of hydrogen-bond donors (Lipinski definition) is 18. The number of carboxylic acid groups (broad SMARTS) is 10. The average Bonchev–Trinajstić information content (AvgIpc) is 3.86. The van der Waals surface area contributed by atoms with E-state index in [9.17, 15) is 123 Å². The van der Waals surface area contributed by atoms with Crippen molar-refractivity contribution in [3.05, 3.63) is 0 Å². The number of hydrogen-bond acceptors (Lipinski definition) is 30. The van der Waals surface area contributed by atoms with Gasteiger partial charge in [0.25, 0.3) is 0 Å². The van der Waals surface area contributed by atoms with E-state index < -0.39 is 257 Å². The van der Waals surface area contributed by atoms with E-state index in [0.29, 0.717) is 0 Å². The summed E-state index contributed by atoms with van der Waals surface area (Å²) in [6.45, 7) is -3.75. The predicted molar refractivity (Wildman–Crippen MR) is 236 cm³/mol. The molecule has 2 fully saturated rings. The Labute approximate surface area is 453 Å². The Bertz CT molecular complexity index is 2450. The molecule has 13 atom stereocenters. The zero-order chi connectivity index (χ0) is 63.6. The van der Waals surface area contributed by atoms with Gasteiger partial charge in [0.15, 0.2) is 58.5 Å². The maximum Gasteiger partial charge on any atom is 0.336 e. The minimum atomic E-state index is -3.27. The van der Waals surface area contributed by atoms with Crippen molar-refractivity contribution in [2.24, 2.45) is 0 Å². The van der Waals surface area contributed by atoms with E-state index in [4.69, 9.17) is 74.0 Å². The highest BCUT2D eigenvalue weighted by atomic mass is 16.7. The summed E-state index contributed by atoms with van der Waals surface area (Å²) in [7, 11) is 0. The van der Waals surface area contributed by atoms with E-state index in [1.807, 2.05) is 0 Å². The number of carbonyl (C=O) groups is 15. The fourth-order valence-corrected chi connectivity index (χ4v) is 7.20. The molecule has 2 aliphatic rings. The van der Waals surface area contributed by atoms with Gasteiger partial charge in [-0.1, -0.05) is 0 Å². The van der Waals surface area contributed by atoms with Crippen LogP contribution in [0, 0.1) is 0 Å². The standard InChI is InChI=1S/C24H30O23.C18H24O17/c25-7-9(45-14(32)4-22(41,19(35)36)1-11(26)27)17-18(47-16(34)6-24(43,21(39)40)3-13(30)31)10(8-44-17)46-15(33)5-23(42,20(37)38)2-12(28)29;19-5-8(34-11(25)3-17(31,15(27)28)1-9(21)22)14-13(7(20)6-33-14)35-12(26)4-18(32,16(29)30)2-10(23)24/h9-10,17-18,25,41-43H,1-8H2,(H,26,27)(H,28,29)(H,30,31)(H,35,36)(H,37,38)(H,39,40);7-8,13-14,19-20,31-32H,1-6H2,(H,21,22)(H,23,24)(H,27,28)(H,29,30)/t9-,10+,17-,18-,22?,23?,24?;7-,8+,13+,14+,17?,18?/m10/s1. The van der Waals surface area contributed by atoms with E-state index in [1.54, 1.807) is 0 Å². The molecule has 0 aromatic carbocycles. The highest BCUT2D eigenvalue weighted by molar-refractivity contribution is 5.92. The average molecular weight is 1200 g/mol. The second-order valence-corrected chi connectivity index (χ2v) is 17.9. The number of aliphatic carboxylic acids is 10.